The molecule has 3 aromatic rings. The molecule has 2 aliphatic heterocycles. The van der Waals surface area contributed by atoms with Crippen molar-refractivity contribution in [2.45, 2.75) is 50.3 Å². The Labute approximate surface area is 164 Å². The summed E-state index contributed by atoms with van der Waals surface area (Å²) in [6.45, 7) is 2.01. The fourth-order valence-electron chi connectivity index (χ4n) is 4.44. The van der Waals surface area contributed by atoms with E-state index in [9.17, 15) is 9.90 Å². The molecule has 27 heavy (non-hydrogen) atoms. The molecule has 0 radical (unpaired) electrons. The van der Waals surface area contributed by atoms with Gasteiger partial charge in [0.1, 0.15) is 10.6 Å². The molecule has 0 spiro atoms. The van der Waals surface area contributed by atoms with Crippen molar-refractivity contribution in [3.05, 3.63) is 45.5 Å². The molecule has 0 saturated carbocycles. The average Bonchev–Trinajstić information content (AvgIpc) is 3.40. The number of piperidine rings is 1. The van der Waals surface area contributed by atoms with Crippen LogP contribution in [0.4, 0.5) is 0 Å². The fraction of sp³-hybridized carbons (Fsp3) is 0.421. The minimum atomic E-state index is -0.905. The van der Waals surface area contributed by atoms with E-state index in [0.29, 0.717) is 12.8 Å². The van der Waals surface area contributed by atoms with Crippen molar-refractivity contribution in [3.8, 4) is 10.4 Å². The van der Waals surface area contributed by atoms with E-state index >= 15 is 0 Å². The number of carbonyl (C=O) groups is 1. The van der Waals surface area contributed by atoms with E-state index in [1.54, 1.807) is 28.9 Å². The van der Waals surface area contributed by atoms with Gasteiger partial charge in [0.2, 0.25) is 0 Å². The molecule has 5 heterocycles. The molecule has 2 saturated heterocycles. The van der Waals surface area contributed by atoms with Crippen LogP contribution in [0.5, 0.6) is 0 Å². The third kappa shape index (κ3) is 2.83. The molecular weight excluding hydrogens is 380 g/mol. The third-order valence-electron chi connectivity index (χ3n) is 5.65. The predicted octanol–water partition coefficient (Wildman–Crippen LogP) is 3.56. The summed E-state index contributed by atoms with van der Waals surface area (Å²) in [5, 5.41) is 20.7. The number of aromatic nitrogens is 3. The molecule has 5 rings (SSSR count). The SMILES string of the molecule is Cc1cnc(C2(O)CC3CCC(C2)N3C(=O)c2csc(-c3cn[nH]c3)c2)s1. The van der Waals surface area contributed by atoms with Gasteiger partial charge in [-0.25, -0.2) is 4.98 Å². The van der Waals surface area contributed by atoms with Crippen molar-refractivity contribution in [3.63, 3.8) is 0 Å². The van der Waals surface area contributed by atoms with Crippen LogP contribution in [-0.2, 0) is 5.60 Å². The van der Waals surface area contributed by atoms with E-state index in [1.807, 2.05) is 35.7 Å². The number of aryl methyl sites for hydroxylation is 1. The van der Waals surface area contributed by atoms with Gasteiger partial charge in [-0.2, -0.15) is 5.10 Å². The quantitative estimate of drug-likeness (QED) is 0.704. The molecule has 2 aliphatic rings. The molecule has 0 aromatic carbocycles. The predicted molar refractivity (Wildman–Crippen MR) is 105 cm³/mol. The van der Waals surface area contributed by atoms with Crippen LogP contribution in [0, 0.1) is 6.92 Å². The van der Waals surface area contributed by atoms with E-state index < -0.39 is 5.60 Å². The number of nitrogens with zero attached hydrogens (tertiary/aromatic N) is 3. The molecule has 8 heteroatoms. The highest BCUT2D eigenvalue weighted by Gasteiger charge is 2.51. The molecule has 2 atom stereocenters. The first kappa shape index (κ1) is 17.1. The van der Waals surface area contributed by atoms with Crippen molar-refractivity contribution < 1.29 is 9.90 Å². The maximum absolute atomic E-state index is 13.2. The van der Waals surface area contributed by atoms with Gasteiger partial charge in [-0.3, -0.25) is 9.89 Å². The standard InChI is InChI=1S/C19H20N4O2S2/c1-11-7-20-18(27-11)19(25)5-14-2-3-15(6-19)23(14)17(24)12-4-16(26-10-12)13-8-21-22-9-13/h4,7-10,14-15,25H,2-3,5-6H2,1H3,(H,21,22). The van der Waals surface area contributed by atoms with Gasteiger partial charge in [0.05, 0.1) is 11.8 Å². The molecule has 2 bridgehead atoms. The first-order valence-electron chi connectivity index (χ1n) is 9.09. The normalized spacial score (nSPS) is 27.3. The van der Waals surface area contributed by atoms with Crippen LogP contribution in [0.3, 0.4) is 0 Å². The molecule has 1 amide bonds. The van der Waals surface area contributed by atoms with Crippen LogP contribution in [0.2, 0.25) is 0 Å². The van der Waals surface area contributed by atoms with Gasteiger partial charge < -0.3 is 10.0 Å². The van der Waals surface area contributed by atoms with E-state index in [4.69, 9.17) is 0 Å². The van der Waals surface area contributed by atoms with Gasteiger partial charge in [-0.05, 0) is 25.8 Å². The Bertz CT molecular complexity index is 964. The lowest BCUT2D eigenvalue weighted by Crippen LogP contribution is -2.51. The Kier molecular flexibility index (Phi) is 3.96. The van der Waals surface area contributed by atoms with Gasteiger partial charge in [0.25, 0.3) is 5.91 Å². The lowest BCUT2D eigenvalue weighted by Gasteiger charge is -2.42. The average molecular weight is 401 g/mol. The highest BCUT2D eigenvalue weighted by atomic mass is 32.1. The number of thiazole rings is 1. The summed E-state index contributed by atoms with van der Waals surface area (Å²) in [6.07, 6.45) is 8.45. The van der Waals surface area contributed by atoms with Crippen LogP contribution in [0.1, 0.15) is 45.9 Å². The second-order valence-corrected chi connectivity index (χ2v) is 9.65. The number of carbonyl (C=O) groups excluding carboxylic acids is 1. The number of hydrogen-bond acceptors (Lipinski definition) is 6. The van der Waals surface area contributed by atoms with E-state index in [0.717, 1.165) is 38.7 Å². The summed E-state index contributed by atoms with van der Waals surface area (Å²) in [6, 6.07) is 2.09. The molecule has 2 N–H and O–H groups in total. The summed E-state index contributed by atoms with van der Waals surface area (Å²) in [5.74, 6) is 0.0749. The van der Waals surface area contributed by atoms with Gasteiger partial charge in [-0.1, -0.05) is 0 Å². The fourth-order valence-corrected chi connectivity index (χ4v) is 6.17. The topological polar surface area (TPSA) is 82.1 Å². The molecule has 0 aliphatic carbocycles. The number of hydrogen-bond donors (Lipinski definition) is 2. The molecular formula is C19H20N4O2S2. The van der Waals surface area contributed by atoms with E-state index in [1.165, 1.54) is 0 Å². The maximum atomic E-state index is 13.2. The summed E-state index contributed by atoms with van der Waals surface area (Å²) in [4.78, 5) is 21.8. The van der Waals surface area contributed by atoms with E-state index in [2.05, 4.69) is 15.2 Å². The Balaban J connectivity index is 1.39. The van der Waals surface area contributed by atoms with Crippen molar-refractivity contribution in [2.75, 3.05) is 0 Å². The third-order valence-corrected chi connectivity index (χ3v) is 7.73. The highest BCUT2D eigenvalue weighted by molar-refractivity contribution is 7.13. The molecule has 140 valence electrons. The number of aliphatic hydroxyl groups is 1. The van der Waals surface area contributed by atoms with Crippen molar-refractivity contribution >= 4 is 28.6 Å². The zero-order valence-corrected chi connectivity index (χ0v) is 16.5. The van der Waals surface area contributed by atoms with Gasteiger partial charge in [-0.15, -0.1) is 22.7 Å². The number of H-pyrrole nitrogens is 1. The summed E-state index contributed by atoms with van der Waals surface area (Å²) < 4.78 is 0. The van der Waals surface area contributed by atoms with Crippen molar-refractivity contribution in [1.29, 1.82) is 0 Å². The van der Waals surface area contributed by atoms with Crippen LogP contribution < -0.4 is 0 Å². The Morgan fingerprint density at radius 1 is 1.33 bits per heavy atom. The van der Waals surface area contributed by atoms with Gasteiger partial charge in [0.15, 0.2) is 0 Å². The molecule has 3 aromatic heterocycles. The maximum Gasteiger partial charge on any atom is 0.255 e. The monoisotopic (exact) mass is 400 g/mol. The molecule has 2 fully saturated rings. The zero-order valence-electron chi connectivity index (χ0n) is 14.9. The minimum absolute atomic E-state index is 0.0720. The zero-order chi connectivity index (χ0) is 18.6. The largest absolute Gasteiger partial charge is 0.383 e. The second-order valence-electron chi connectivity index (χ2n) is 7.50. The Morgan fingerprint density at radius 3 is 2.74 bits per heavy atom. The number of amides is 1. The molecule has 6 nitrogen and oxygen atoms in total. The lowest BCUT2D eigenvalue weighted by atomic mass is 9.86. The lowest BCUT2D eigenvalue weighted by molar-refractivity contribution is -0.0480. The first-order valence-corrected chi connectivity index (χ1v) is 10.8. The van der Waals surface area contributed by atoms with E-state index in [-0.39, 0.29) is 18.0 Å². The summed E-state index contributed by atoms with van der Waals surface area (Å²) in [7, 11) is 0. The van der Waals surface area contributed by atoms with Crippen molar-refractivity contribution in [2.24, 2.45) is 0 Å². The smallest absolute Gasteiger partial charge is 0.255 e. The highest BCUT2D eigenvalue weighted by Crippen LogP contribution is 2.47. The first-order chi connectivity index (χ1) is 13.0. The minimum Gasteiger partial charge on any atom is -0.383 e. The van der Waals surface area contributed by atoms with Crippen LogP contribution >= 0.6 is 22.7 Å². The van der Waals surface area contributed by atoms with Crippen LogP contribution in [-0.4, -0.2) is 43.2 Å². The van der Waals surface area contributed by atoms with Crippen molar-refractivity contribution in [1.82, 2.24) is 20.1 Å². The Morgan fingerprint density at radius 2 is 2.11 bits per heavy atom. The van der Waals surface area contributed by atoms with Gasteiger partial charge in [0, 0.05) is 58.0 Å². The number of thiophene rings is 1. The summed E-state index contributed by atoms with van der Waals surface area (Å²) >= 11 is 3.12. The number of nitrogens with one attached hydrogen (secondary N) is 1. The molecule has 2 unspecified atom stereocenters. The number of fused-ring (bicyclic) bond motifs is 2. The Hall–Kier alpha value is -2.03. The van der Waals surface area contributed by atoms with Crippen LogP contribution in [0.15, 0.2) is 30.0 Å². The second kappa shape index (κ2) is 6.25. The van der Waals surface area contributed by atoms with Gasteiger partial charge >= 0.3 is 0 Å². The summed E-state index contributed by atoms with van der Waals surface area (Å²) in [5.41, 5.74) is 0.816. The number of aromatic amines is 1. The van der Waals surface area contributed by atoms with Crippen LogP contribution in [0.25, 0.3) is 10.4 Å². The number of rotatable bonds is 3.